The van der Waals surface area contributed by atoms with Gasteiger partial charge in [0.2, 0.25) is 5.79 Å². The van der Waals surface area contributed by atoms with E-state index in [1.807, 2.05) is 0 Å². The second-order valence-corrected chi connectivity index (χ2v) is 9.03. The molecule has 3 N–H and O–H groups in total. The molecule has 10 nitrogen and oxygen atoms in total. The van der Waals surface area contributed by atoms with E-state index in [1.54, 1.807) is 43.4 Å². The fourth-order valence-electron chi connectivity index (χ4n) is 4.67. The van der Waals surface area contributed by atoms with Gasteiger partial charge in [-0.3, -0.25) is 4.79 Å². The van der Waals surface area contributed by atoms with Crippen LogP contribution < -0.4 is 10.4 Å². The van der Waals surface area contributed by atoms with Crippen molar-refractivity contribution in [1.82, 2.24) is 0 Å². The van der Waals surface area contributed by atoms with Gasteiger partial charge in [-0.1, -0.05) is 30.4 Å². The first-order valence-electron chi connectivity index (χ1n) is 11.1. The van der Waals surface area contributed by atoms with Crippen LogP contribution in [0, 0.1) is 6.92 Å². The smallest absolute Gasteiger partial charge is 0.339 e. The number of carbonyl (C=O) groups is 1. The number of ether oxygens (including phenoxy) is 4. The Morgan fingerprint density at radius 2 is 1.89 bits per heavy atom. The molecule has 1 aromatic rings. The molecule has 3 heterocycles. The Kier molecular flexibility index (Phi) is 7.45. The summed E-state index contributed by atoms with van der Waals surface area (Å²) >= 11 is 0. The van der Waals surface area contributed by atoms with Gasteiger partial charge in [0, 0.05) is 12.5 Å². The van der Waals surface area contributed by atoms with Crippen LogP contribution in [0.15, 0.2) is 45.7 Å². The minimum Gasteiger partial charge on any atom is -0.496 e. The summed E-state index contributed by atoms with van der Waals surface area (Å²) in [6, 6.07) is 1.27. The first-order chi connectivity index (χ1) is 16.3. The number of carbonyl (C=O) groups excluding carboxylic acids is 1. The largest absolute Gasteiger partial charge is 0.496 e. The highest BCUT2D eigenvalue weighted by atomic mass is 16.7. The van der Waals surface area contributed by atoms with Crippen molar-refractivity contribution >= 4 is 12.0 Å². The molecule has 10 heteroatoms. The van der Waals surface area contributed by atoms with E-state index in [4.69, 9.17) is 23.4 Å². The van der Waals surface area contributed by atoms with Gasteiger partial charge in [0.05, 0.1) is 13.2 Å². The van der Waals surface area contributed by atoms with E-state index < -0.39 is 53.0 Å². The van der Waals surface area contributed by atoms with E-state index in [2.05, 4.69) is 0 Å². The zero-order valence-corrected chi connectivity index (χ0v) is 20.6. The van der Waals surface area contributed by atoms with Crippen LogP contribution in [0.5, 0.6) is 5.75 Å². The predicted molar refractivity (Wildman–Crippen MR) is 125 cm³/mol. The minimum absolute atomic E-state index is 0.359. The first-order valence-corrected chi connectivity index (χ1v) is 11.1. The highest BCUT2D eigenvalue weighted by Gasteiger charge is 2.77. The van der Waals surface area contributed by atoms with Crippen LogP contribution in [-0.2, 0) is 19.0 Å². The molecule has 1 aromatic heterocycles. The molecule has 192 valence electrons. The van der Waals surface area contributed by atoms with Crippen molar-refractivity contribution in [3.63, 3.8) is 0 Å². The normalized spacial score (nSPS) is 35.7. The summed E-state index contributed by atoms with van der Waals surface area (Å²) < 4.78 is 27.5. The lowest BCUT2D eigenvalue weighted by Gasteiger charge is -2.47. The standard InChI is InChI=1S/C25H32O10/c1-14-17(33-20(28)13-19(14)31-6)11-9-7-8-10-12-18-21(29)23(4)22(32-16(3)27)24(5,34-18)25(30,35-23)15(2)26/h7-13,15,18,21-22,26,29-30H,1-6H3/t15-,18-,21-,22-,23+,24+,25+/m0/s1. The number of hydrogen-bond acceptors (Lipinski definition) is 10. The van der Waals surface area contributed by atoms with Crippen LogP contribution in [0.3, 0.4) is 0 Å². The number of hydrogen-bond donors (Lipinski definition) is 3. The summed E-state index contributed by atoms with van der Waals surface area (Å²) in [5.41, 5.74) is -3.07. The van der Waals surface area contributed by atoms with E-state index in [-0.39, 0.29) is 0 Å². The maximum absolute atomic E-state index is 11.7. The van der Waals surface area contributed by atoms with Gasteiger partial charge in [0.25, 0.3) is 0 Å². The number of methoxy groups -OCH3 is 1. The van der Waals surface area contributed by atoms with Crippen LogP contribution in [0.25, 0.3) is 6.08 Å². The van der Waals surface area contributed by atoms with E-state index in [9.17, 15) is 24.9 Å². The van der Waals surface area contributed by atoms with Gasteiger partial charge < -0.3 is 38.7 Å². The lowest BCUT2D eigenvalue weighted by Crippen LogP contribution is -2.68. The van der Waals surface area contributed by atoms with Gasteiger partial charge in [-0.15, -0.1) is 0 Å². The second-order valence-electron chi connectivity index (χ2n) is 9.03. The highest BCUT2D eigenvalue weighted by molar-refractivity contribution is 5.66. The lowest BCUT2D eigenvalue weighted by molar-refractivity contribution is -0.309. The molecule has 0 aromatic carbocycles. The zero-order valence-electron chi connectivity index (χ0n) is 20.6. The van der Waals surface area contributed by atoms with Gasteiger partial charge in [-0.25, -0.2) is 4.79 Å². The average Bonchev–Trinajstić information content (AvgIpc) is 2.91. The Labute approximate surface area is 203 Å². The van der Waals surface area contributed by atoms with Crippen molar-refractivity contribution in [3.05, 3.63) is 58.2 Å². The van der Waals surface area contributed by atoms with E-state index in [0.717, 1.165) is 0 Å². The van der Waals surface area contributed by atoms with Crippen molar-refractivity contribution in [2.45, 2.75) is 76.0 Å². The third kappa shape index (κ3) is 4.60. The fourth-order valence-corrected chi connectivity index (χ4v) is 4.67. The number of rotatable bonds is 7. The quantitative estimate of drug-likeness (QED) is 0.377. The third-order valence-corrected chi connectivity index (χ3v) is 6.54. The molecular weight excluding hydrogens is 460 g/mol. The minimum atomic E-state index is -2.23. The fraction of sp³-hybridized carbons (Fsp3) is 0.520. The van der Waals surface area contributed by atoms with E-state index in [0.29, 0.717) is 17.1 Å². The zero-order chi connectivity index (χ0) is 26.2. The molecule has 0 amide bonds. The van der Waals surface area contributed by atoms with Gasteiger partial charge in [0.15, 0.2) is 11.7 Å². The summed E-state index contributed by atoms with van der Waals surface area (Å²) in [5, 5.41) is 32.4. The monoisotopic (exact) mass is 492 g/mol. The Bertz CT molecular complexity index is 1100. The van der Waals surface area contributed by atoms with Crippen molar-refractivity contribution in [1.29, 1.82) is 0 Å². The summed E-state index contributed by atoms with van der Waals surface area (Å²) in [4.78, 5) is 23.3. The topological polar surface area (TPSA) is 145 Å². The molecule has 3 rings (SSSR count). The molecule has 0 spiro atoms. The lowest BCUT2D eigenvalue weighted by atomic mass is 9.76. The Morgan fingerprint density at radius 3 is 2.49 bits per heavy atom. The third-order valence-electron chi connectivity index (χ3n) is 6.54. The highest BCUT2D eigenvalue weighted by Crippen LogP contribution is 2.55. The SMILES string of the molecule is COc1cc(=O)oc(C=CC=CC=C[C@@H]2O[C@]3(C)[C@@H](OC(C)=O)[C@](C)(O[C@]3(O)[C@H](C)O)[C@H]2O)c1C. The Balaban J connectivity index is 1.80. The van der Waals surface area contributed by atoms with Crippen LogP contribution in [0.2, 0.25) is 0 Å². The number of aliphatic hydroxyl groups is 3. The van der Waals surface area contributed by atoms with Gasteiger partial charge >= 0.3 is 11.6 Å². The molecule has 0 saturated carbocycles. The summed E-state index contributed by atoms with van der Waals surface area (Å²) in [5.74, 6) is -2.09. The first kappa shape index (κ1) is 26.8. The maximum atomic E-state index is 11.7. The van der Waals surface area contributed by atoms with Gasteiger partial charge in [0.1, 0.15) is 35.4 Å². The predicted octanol–water partition coefficient (Wildman–Crippen LogP) is 1.39. The van der Waals surface area contributed by atoms with Crippen LogP contribution in [-0.4, -0.2) is 69.8 Å². The number of esters is 1. The van der Waals surface area contributed by atoms with Crippen LogP contribution in [0.4, 0.5) is 0 Å². The molecule has 35 heavy (non-hydrogen) atoms. The van der Waals surface area contributed by atoms with Crippen molar-refractivity contribution in [3.8, 4) is 5.75 Å². The number of allylic oxidation sites excluding steroid dienone is 4. The molecule has 0 radical (unpaired) electrons. The van der Waals surface area contributed by atoms with Gasteiger partial charge in [-0.05, 0) is 33.8 Å². The molecule has 2 aliphatic heterocycles. The molecule has 0 aliphatic carbocycles. The maximum Gasteiger partial charge on any atom is 0.339 e. The number of fused-ring (bicyclic) bond motifs is 2. The Morgan fingerprint density at radius 1 is 1.23 bits per heavy atom. The summed E-state index contributed by atoms with van der Waals surface area (Å²) in [6.07, 6.45) is 4.91. The Hall–Kier alpha value is -2.76. The molecule has 2 fully saturated rings. The molecule has 2 saturated heterocycles. The molecular formula is C25H32O10. The van der Waals surface area contributed by atoms with Gasteiger partial charge in [-0.2, -0.15) is 0 Å². The molecule has 0 unspecified atom stereocenters. The van der Waals surface area contributed by atoms with E-state index >= 15 is 0 Å². The van der Waals surface area contributed by atoms with E-state index in [1.165, 1.54) is 40.9 Å². The average molecular weight is 493 g/mol. The summed E-state index contributed by atoms with van der Waals surface area (Å²) in [7, 11) is 1.47. The molecule has 2 bridgehead atoms. The van der Waals surface area contributed by atoms with Crippen LogP contribution in [0.1, 0.15) is 39.0 Å². The molecule has 2 aliphatic rings. The second kappa shape index (κ2) is 9.71. The molecule has 7 atom stereocenters. The van der Waals surface area contributed by atoms with Crippen LogP contribution >= 0.6 is 0 Å². The van der Waals surface area contributed by atoms with Crippen molar-refractivity contribution < 1.29 is 43.5 Å². The van der Waals surface area contributed by atoms with Crippen molar-refractivity contribution in [2.24, 2.45) is 0 Å². The van der Waals surface area contributed by atoms with Crippen molar-refractivity contribution in [2.75, 3.05) is 7.11 Å². The summed E-state index contributed by atoms with van der Waals surface area (Å²) in [6.45, 7) is 7.25. The number of aliphatic hydroxyl groups excluding tert-OH is 2.